The van der Waals surface area contributed by atoms with E-state index in [2.05, 4.69) is 36.3 Å². The molecular weight excluding hydrogens is 372 g/mol. The first kappa shape index (κ1) is 16.7. The summed E-state index contributed by atoms with van der Waals surface area (Å²) < 4.78 is 2.57. The molecular formula is C16H19BrN6O. The topological polar surface area (TPSA) is 78.6 Å². The number of fused-ring (bicyclic) bond motifs is 1. The van der Waals surface area contributed by atoms with Crippen LogP contribution in [0, 0.1) is 0 Å². The quantitative estimate of drug-likeness (QED) is 0.672. The molecule has 0 aliphatic heterocycles. The SMILES string of the molecule is CC(O)CN(C)c1cc(NCc2cccnc2)n2ncc(Br)c2n1. The van der Waals surface area contributed by atoms with Crippen LogP contribution in [0.5, 0.6) is 0 Å². The van der Waals surface area contributed by atoms with Crippen LogP contribution in [0.2, 0.25) is 0 Å². The highest BCUT2D eigenvalue weighted by Gasteiger charge is 2.13. The third-order valence-corrected chi connectivity index (χ3v) is 4.10. The van der Waals surface area contributed by atoms with Crippen LogP contribution in [0.4, 0.5) is 11.6 Å². The summed E-state index contributed by atoms with van der Waals surface area (Å²) >= 11 is 3.48. The molecule has 0 spiro atoms. The van der Waals surface area contributed by atoms with Gasteiger partial charge in [0.1, 0.15) is 11.6 Å². The normalized spacial score (nSPS) is 12.3. The van der Waals surface area contributed by atoms with E-state index in [1.54, 1.807) is 23.8 Å². The zero-order valence-corrected chi connectivity index (χ0v) is 15.1. The van der Waals surface area contributed by atoms with Gasteiger partial charge in [0.15, 0.2) is 5.65 Å². The molecule has 126 valence electrons. The lowest BCUT2D eigenvalue weighted by Crippen LogP contribution is -2.28. The molecule has 3 rings (SSSR count). The molecule has 1 unspecified atom stereocenters. The van der Waals surface area contributed by atoms with Crippen LogP contribution < -0.4 is 10.2 Å². The fraction of sp³-hybridized carbons (Fsp3) is 0.312. The number of pyridine rings is 1. The van der Waals surface area contributed by atoms with Gasteiger partial charge in [-0.2, -0.15) is 9.61 Å². The number of aromatic nitrogens is 4. The molecule has 0 radical (unpaired) electrons. The molecule has 0 saturated heterocycles. The molecule has 0 aliphatic carbocycles. The average Bonchev–Trinajstić information content (AvgIpc) is 2.94. The smallest absolute Gasteiger partial charge is 0.173 e. The fourth-order valence-corrected chi connectivity index (χ4v) is 2.78. The number of rotatable bonds is 6. The van der Waals surface area contributed by atoms with Crippen LogP contribution in [0.25, 0.3) is 5.65 Å². The predicted molar refractivity (Wildman–Crippen MR) is 97.2 cm³/mol. The number of aliphatic hydroxyl groups excluding tert-OH is 1. The number of aliphatic hydroxyl groups is 1. The van der Waals surface area contributed by atoms with Crippen LogP contribution >= 0.6 is 15.9 Å². The zero-order chi connectivity index (χ0) is 17.1. The van der Waals surface area contributed by atoms with Crippen LogP contribution in [0.15, 0.2) is 41.3 Å². The standard InChI is InChI=1S/C16H19BrN6O/c1-11(24)10-22(2)15-6-14(19-8-12-4-3-5-18-7-12)23-16(21-15)13(17)9-20-23/h3-7,9,11,19,24H,8,10H2,1-2H3. The molecule has 0 aromatic carbocycles. The first-order valence-corrected chi connectivity index (χ1v) is 8.40. The van der Waals surface area contributed by atoms with Gasteiger partial charge >= 0.3 is 0 Å². The van der Waals surface area contributed by atoms with E-state index in [4.69, 9.17) is 0 Å². The second-order valence-corrected chi connectivity index (χ2v) is 6.53. The van der Waals surface area contributed by atoms with Gasteiger partial charge in [-0.1, -0.05) is 6.07 Å². The predicted octanol–water partition coefficient (Wildman–Crippen LogP) is 2.32. The first-order chi connectivity index (χ1) is 11.5. The van der Waals surface area contributed by atoms with E-state index < -0.39 is 6.10 Å². The van der Waals surface area contributed by atoms with Crippen molar-refractivity contribution in [3.8, 4) is 0 Å². The molecule has 3 heterocycles. The maximum atomic E-state index is 9.61. The fourth-order valence-electron chi connectivity index (χ4n) is 2.43. The number of hydrogen-bond acceptors (Lipinski definition) is 6. The van der Waals surface area contributed by atoms with E-state index in [1.165, 1.54) is 0 Å². The molecule has 0 saturated carbocycles. The lowest BCUT2D eigenvalue weighted by Gasteiger charge is -2.21. The maximum Gasteiger partial charge on any atom is 0.173 e. The molecule has 3 aromatic rings. The van der Waals surface area contributed by atoms with Crippen molar-refractivity contribution in [2.45, 2.75) is 19.6 Å². The largest absolute Gasteiger partial charge is 0.392 e. The Morgan fingerprint density at radius 2 is 2.25 bits per heavy atom. The van der Waals surface area contributed by atoms with Crippen LogP contribution in [-0.4, -0.2) is 44.4 Å². The summed E-state index contributed by atoms with van der Waals surface area (Å²) in [7, 11) is 1.90. The Kier molecular flexibility index (Phi) is 4.96. The van der Waals surface area contributed by atoms with Crippen molar-refractivity contribution in [2.24, 2.45) is 0 Å². The molecule has 3 aromatic heterocycles. The maximum absolute atomic E-state index is 9.61. The second kappa shape index (κ2) is 7.14. The molecule has 0 fully saturated rings. The molecule has 24 heavy (non-hydrogen) atoms. The lowest BCUT2D eigenvalue weighted by atomic mass is 10.3. The summed E-state index contributed by atoms with van der Waals surface area (Å²) in [5.74, 6) is 1.58. The van der Waals surface area contributed by atoms with Gasteiger partial charge in [-0.05, 0) is 34.5 Å². The van der Waals surface area contributed by atoms with Gasteiger partial charge in [0.2, 0.25) is 0 Å². The summed E-state index contributed by atoms with van der Waals surface area (Å²) in [6.45, 7) is 2.88. The van der Waals surface area contributed by atoms with Crippen LogP contribution in [0.3, 0.4) is 0 Å². The minimum Gasteiger partial charge on any atom is -0.392 e. The third-order valence-electron chi connectivity index (χ3n) is 3.54. The van der Waals surface area contributed by atoms with Crippen molar-refractivity contribution in [1.29, 1.82) is 0 Å². The molecule has 0 aliphatic rings. The van der Waals surface area contributed by atoms with Gasteiger partial charge in [-0.3, -0.25) is 4.98 Å². The van der Waals surface area contributed by atoms with Crippen molar-refractivity contribution in [3.63, 3.8) is 0 Å². The molecule has 1 atom stereocenters. The molecule has 0 bridgehead atoms. The van der Waals surface area contributed by atoms with E-state index in [0.717, 1.165) is 27.3 Å². The highest BCUT2D eigenvalue weighted by molar-refractivity contribution is 9.10. The van der Waals surface area contributed by atoms with Crippen LogP contribution in [-0.2, 0) is 6.54 Å². The van der Waals surface area contributed by atoms with Crippen molar-refractivity contribution in [1.82, 2.24) is 19.6 Å². The number of nitrogens with one attached hydrogen (secondary N) is 1. The molecule has 8 heteroatoms. The summed E-state index contributed by atoms with van der Waals surface area (Å²) in [6, 6.07) is 5.84. The Labute approximate surface area is 148 Å². The molecule has 2 N–H and O–H groups in total. The minimum atomic E-state index is -0.437. The second-order valence-electron chi connectivity index (χ2n) is 5.67. The summed E-state index contributed by atoms with van der Waals surface area (Å²) in [4.78, 5) is 10.7. The number of nitrogens with zero attached hydrogens (tertiary/aromatic N) is 5. The lowest BCUT2D eigenvalue weighted by molar-refractivity contribution is 0.201. The van der Waals surface area contributed by atoms with Gasteiger partial charge in [0.25, 0.3) is 0 Å². The number of hydrogen-bond donors (Lipinski definition) is 2. The van der Waals surface area contributed by atoms with Gasteiger partial charge < -0.3 is 15.3 Å². The van der Waals surface area contributed by atoms with E-state index in [1.807, 2.05) is 36.3 Å². The van der Waals surface area contributed by atoms with Gasteiger partial charge in [-0.15, -0.1) is 0 Å². The molecule has 7 nitrogen and oxygen atoms in total. The minimum absolute atomic E-state index is 0.437. The van der Waals surface area contributed by atoms with Crippen molar-refractivity contribution < 1.29 is 5.11 Å². The summed E-state index contributed by atoms with van der Waals surface area (Å²) in [5.41, 5.74) is 1.80. The summed E-state index contributed by atoms with van der Waals surface area (Å²) in [6.07, 6.45) is 4.86. The Bertz CT molecular complexity index is 820. The Morgan fingerprint density at radius 1 is 1.42 bits per heavy atom. The average molecular weight is 391 g/mol. The Hall–Kier alpha value is -2.19. The zero-order valence-electron chi connectivity index (χ0n) is 13.5. The van der Waals surface area contributed by atoms with Crippen molar-refractivity contribution in [3.05, 3.63) is 46.8 Å². The number of halogens is 1. The Morgan fingerprint density at radius 3 is 2.96 bits per heavy atom. The highest BCUT2D eigenvalue weighted by Crippen LogP contribution is 2.24. The van der Waals surface area contributed by atoms with Crippen molar-refractivity contribution in [2.75, 3.05) is 23.8 Å². The van der Waals surface area contributed by atoms with Gasteiger partial charge in [0.05, 0.1) is 16.8 Å². The molecule has 0 amide bonds. The van der Waals surface area contributed by atoms with E-state index in [-0.39, 0.29) is 0 Å². The third kappa shape index (κ3) is 3.65. The monoisotopic (exact) mass is 390 g/mol. The number of anilines is 2. The van der Waals surface area contributed by atoms with Crippen molar-refractivity contribution >= 4 is 33.2 Å². The van der Waals surface area contributed by atoms with Gasteiger partial charge in [-0.25, -0.2) is 4.98 Å². The summed E-state index contributed by atoms with van der Waals surface area (Å²) in [5, 5.41) is 17.3. The van der Waals surface area contributed by atoms with E-state index >= 15 is 0 Å². The van der Waals surface area contributed by atoms with E-state index in [0.29, 0.717) is 13.1 Å². The first-order valence-electron chi connectivity index (χ1n) is 7.61. The van der Waals surface area contributed by atoms with Crippen LogP contribution in [0.1, 0.15) is 12.5 Å². The van der Waals surface area contributed by atoms with E-state index in [9.17, 15) is 5.11 Å². The number of likely N-dealkylation sites (N-methyl/N-ethyl adjacent to an activating group) is 1. The van der Waals surface area contributed by atoms with Gasteiger partial charge in [0, 0.05) is 38.6 Å². The highest BCUT2D eigenvalue weighted by atomic mass is 79.9. The Balaban J connectivity index is 1.93.